The topological polar surface area (TPSA) is 101 Å². The van der Waals surface area contributed by atoms with Gasteiger partial charge in [-0.1, -0.05) is 13.8 Å². The number of fused-ring (bicyclic) bond motifs is 1. The van der Waals surface area contributed by atoms with Crippen LogP contribution in [0.3, 0.4) is 0 Å². The fourth-order valence-electron chi connectivity index (χ4n) is 2.48. The molecule has 0 saturated heterocycles. The Morgan fingerprint density at radius 3 is 2.86 bits per heavy atom. The van der Waals surface area contributed by atoms with Crippen LogP contribution in [-0.4, -0.2) is 33.1 Å². The Balaban J connectivity index is 2.18. The summed E-state index contributed by atoms with van der Waals surface area (Å²) >= 11 is 0. The molecule has 1 aromatic heterocycles. The summed E-state index contributed by atoms with van der Waals surface area (Å²) in [7, 11) is 0. The van der Waals surface area contributed by atoms with Crippen LogP contribution in [0.15, 0.2) is 11.1 Å². The first kappa shape index (κ1) is 15.2. The summed E-state index contributed by atoms with van der Waals surface area (Å²) in [5, 5.41) is 10.7. The molecule has 0 radical (unpaired) electrons. The molecule has 0 spiro atoms. The van der Waals surface area contributed by atoms with Gasteiger partial charge in [0.05, 0.1) is 12.0 Å². The van der Waals surface area contributed by atoms with E-state index in [2.05, 4.69) is 24.1 Å². The Morgan fingerprint density at radius 2 is 2.19 bits per heavy atom. The van der Waals surface area contributed by atoms with Gasteiger partial charge in [0.15, 0.2) is 0 Å². The number of hydrogen-bond acceptors (Lipinski definition) is 4. The van der Waals surface area contributed by atoms with Gasteiger partial charge in [0.25, 0.3) is 5.56 Å². The average Bonchev–Trinajstić information content (AvgIpc) is 2.39. The molecule has 1 aromatic rings. The molecule has 2 N–H and O–H groups in total. The SMILES string of the molecule is CC1(C)CCc2ncn(CC(=O)NCC(=O)O)c(=O)c2C1. The normalized spacial score (nSPS) is 16.1. The average molecular weight is 293 g/mol. The standard InChI is InChI=1S/C14H19N3O4/c1-14(2)4-3-10-9(5-14)13(21)17(8-16-10)7-11(18)15-6-12(19)20/h8H,3-7H2,1-2H3,(H,15,18)(H,19,20). The number of hydrogen-bond donors (Lipinski definition) is 2. The summed E-state index contributed by atoms with van der Waals surface area (Å²) < 4.78 is 1.23. The number of aromatic nitrogens is 2. The minimum atomic E-state index is -1.12. The molecule has 114 valence electrons. The van der Waals surface area contributed by atoms with E-state index >= 15 is 0 Å². The minimum absolute atomic E-state index is 0.0542. The number of rotatable bonds is 4. The van der Waals surface area contributed by atoms with Gasteiger partial charge in [-0.3, -0.25) is 19.0 Å². The second kappa shape index (κ2) is 5.67. The largest absolute Gasteiger partial charge is 0.480 e. The molecule has 0 saturated carbocycles. The van der Waals surface area contributed by atoms with E-state index in [1.54, 1.807) is 0 Å². The molecule has 7 heteroatoms. The van der Waals surface area contributed by atoms with Crippen LogP contribution in [0.4, 0.5) is 0 Å². The van der Waals surface area contributed by atoms with E-state index < -0.39 is 18.4 Å². The van der Waals surface area contributed by atoms with E-state index in [1.165, 1.54) is 10.9 Å². The third-order valence-electron chi connectivity index (χ3n) is 3.66. The van der Waals surface area contributed by atoms with Crippen molar-refractivity contribution in [2.75, 3.05) is 6.54 Å². The zero-order chi connectivity index (χ0) is 15.6. The zero-order valence-corrected chi connectivity index (χ0v) is 12.2. The van der Waals surface area contributed by atoms with Crippen molar-refractivity contribution >= 4 is 11.9 Å². The second-order valence-electron chi connectivity index (χ2n) is 6.11. The highest BCUT2D eigenvalue weighted by atomic mass is 16.4. The van der Waals surface area contributed by atoms with E-state index in [1.807, 2.05) is 0 Å². The van der Waals surface area contributed by atoms with Crippen LogP contribution in [-0.2, 0) is 29.0 Å². The van der Waals surface area contributed by atoms with Gasteiger partial charge in [0.1, 0.15) is 13.1 Å². The number of amides is 1. The highest BCUT2D eigenvalue weighted by molar-refractivity contribution is 5.80. The van der Waals surface area contributed by atoms with Crippen LogP contribution >= 0.6 is 0 Å². The van der Waals surface area contributed by atoms with Gasteiger partial charge in [0, 0.05) is 5.56 Å². The monoisotopic (exact) mass is 293 g/mol. The first-order valence-electron chi connectivity index (χ1n) is 6.84. The summed E-state index contributed by atoms with van der Waals surface area (Å²) in [6.45, 7) is 3.53. The molecule has 0 atom stereocenters. The number of aliphatic carboxylic acids is 1. The molecule has 1 aliphatic rings. The Kier molecular flexibility index (Phi) is 4.11. The highest BCUT2D eigenvalue weighted by Gasteiger charge is 2.28. The van der Waals surface area contributed by atoms with Crippen LogP contribution in [0.1, 0.15) is 31.5 Å². The van der Waals surface area contributed by atoms with E-state index in [-0.39, 0.29) is 17.5 Å². The maximum Gasteiger partial charge on any atom is 0.322 e. The molecular formula is C14H19N3O4. The predicted octanol–water partition coefficient (Wildman–Crippen LogP) is -0.0410. The van der Waals surface area contributed by atoms with Crippen LogP contribution in [0.25, 0.3) is 0 Å². The van der Waals surface area contributed by atoms with Crippen LogP contribution in [0.2, 0.25) is 0 Å². The molecule has 1 aliphatic carbocycles. The Labute approximate surface area is 122 Å². The molecule has 0 aromatic carbocycles. The molecule has 0 fully saturated rings. The Bertz CT molecular complexity index is 634. The fourth-order valence-corrected chi connectivity index (χ4v) is 2.48. The van der Waals surface area contributed by atoms with Gasteiger partial charge in [-0.2, -0.15) is 0 Å². The fraction of sp³-hybridized carbons (Fsp3) is 0.571. The Hall–Kier alpha value is -2.18. The number of carboxylic acids is 1. The lowest BCUT2D eigenvalue weighted by Crippen LogP contribution is -2.38. The molecule has 0 aliphatic heterocycles. The number of nitrogens with zero attached hydrogens (tertiary/aromatic N) is 2. The maximum absolute atomic E-state index is 12.4. The van der Waals surface area contributed by atoms with Crippen LogP contribution < -0.4 is 10.9 Å². The molecule has 2 rings (SSSR count). The van der Waals surface area contributed by atoms with Crippen molar-refractivity contribution in [3.05, 3.63) is 27.9 Å². The summed E-state index contributed by atoms with van der Waals surface area (Å²) in [4.78, 5) is 38.7. The lowest BCUT2D eigenvalue weighted by atomic mass is 9.76. The van der Waals surface area contributed by atoms with E-state index in [0.29, 0.717) is 12.0 Å². The van der Waals surface area contributed by atoms with Gasteiger partial charge >= 0.3 is 5.97 Å². The van der Waals surface area contributed by atoms with Crippen molar-refractivity contribution < 1.29 is 14.7 Å². The van der Waals surface area contributed by atoms with Gasteiger partial charge in [-0.25, -0.2) is 4.98 Å². The molecule has 7 nitrogen and oxygen atoms in total. The first-order valence-corrected chi connectivity index (χ1v) is 6.84. The number of aryl methyl sites for hydroxylation is 1. The van der Waals surface area contributed by atoms with Crippen molar-refractivity contribution in [1.29, 1.82) is 0 Å². The maximum atomic E-state index is 12.4. The number of nitrogens with one attached hydrogen (secondary N) is 1. The Morgan fingerprint density at radius 1 is 1.48 bits per heavy atom. The zero-order valence-electron chi connectivity index (χ0n) is 12.2. The molecule has 1 amide bonds. The molecular weight excluding hydrogens is 274 g/mol. The van der Waals surface area contributed by atoms with Gasteiger partial charge < -0.3 is 10.4 Å². The molecule has 1 heterocycles. The molecule has 0 unspecified atom stereocenters. The van der Waals surface area contributed by atoms with Crippen LogP contribution in [0, 0.1) is 5.41 Å². The highest BCUT2D eigenvalue weighted by Crippen LogP contribution is 2.31. The third kappa shape index (κ3) is 3.68. The second-order valence-corrected chi connectivity index (χ2v) is 6.11. The quantitative estimate of drug-likeness (QED) is 0.811. The molecule has 0 bridgehead atoms. The number of carbonyl (C=O) groups excluding carboxylic acids is 1. The van der Waals surface area contributed by atoms with Crippen molar-refractivity contribution in [2.45, 2.75) is 39.7 Å². The minimum Gasteiger partial charge on any atom is -0.480 e. The third-order valence-corrected chi connectivity index (χ3v) is 3.66. The van der Waals surface area contributed by atoms with E-state index in [9.17, 15) is 14.4 Å². The van der Waals surface area contributed by atoms with Crippen molar-refractivity contribution in [3.8, 4) is 0 Å². The first-order chi connectivity index (χ1) is 9.78. The van der Waals surface area contributed by atoms with Gasteiger partial charge in [-0.15, -0.1) is 0 Å². The van der Waals surface area contributed by atoms with Crippen molar-refractivity contribution in [1.82, 2.24) is 14.9 Å². The summed E-state index contributed by atoms with van der Waals surface area (Å²) in [5.74, 6) is -1.64. The smallest absolute Gasteiger partial charge is 0.322 e. The number of carbonyl (C=O) groups is 2. The van der Waals surface area contributed by atoms with E-state index in [4.69, 9.17) is 5.11 Å². The summed E-state index contributed by atoms with van der Waals surface area (Å²) in [6.07, 6.45) is 3.75. The lowest BCUT2D eigenvalue weighted by molar-refractivity contribution is -0.138. The summed E-state index contributed by atoms with van der Waals surface area (Å²) in [6, 6.07) is 0. The molecule has 21 heavy (non-hydrogen) atoms. The van der Waals surface area contributed by atoms with E-state index in [0.717, 1.165) is 18.5 Å². The lowest BCUT2D eigenvalue weighted by Gasteiger charge is -2.30. The van der Waals surface area contributed by atoms with Crippen LogP contribution in [0.5, 0.6) is 0 Å². The van der Waals surface area contributed by atoms with Crippen molar-refractivity contribution in [2.24, 2.45) is 5.41 Å². The van der Waals surface area contributed by atoms with Gasteiger partial charge in [0.2, 0.25) is 5.91 Å². The summed E-state index contributed by atoms with van der Waals surface area (Å²) in [5.41, 5.74) is 1.32. The van der Waals surface area contributed by atoms with Gasteiger partial charge in [-0.05, 0) is 24.7 Å². The predicted molar refractivity (Wildman–Crippen MR) is 74.9 cm³/mol. The van der Waals surface area contributed by atoms with Crippen molar-refractivity contribution in [3.63, 3.8) is 0 Å². The number of carboxylic acid groups (broad SMARTS) is 1.